The molecule has 0 spiro atoms. The fourth-order valence-corrected chi connectivity index (χ4v) is 4.58. The first-order valence-electron chi connectivity index (χ1n) is 9.32. The number of amides is 2. The summed E-state index contributed by atoms with van der Waals surface area (Å²) < 4.78 is 0. The van der Waals surface area contributed by atoms with Crippen molar-refractivity contribution in [3.63, 3.8) is 0 Å². The molecular weight excluding hydrogens is 450 g/mol. The van der Waals surface area contributed by atoms with Gasteiger partial charge in [-0.3, -0.25) is 9.59 Å². The predicted molar refractivity (Wildman–Crippen MR) is 121 cm³/mol. The van der Waals surface area contributed by atoms with Crippen molar-refractivity contribution in [3.05, 3.63) is 64.0 Å². The van der Waals surface area contributed by atoms with Crippen LogP contribution in [0.25, 0.3) is 11.3 Å². The molecule has 1 aliphatic rings. The van der Waals surface area contributed by atoms with Crippen molar-refractivity contribution >= 4 is 49.9 Å². The lowest BCUT2D eigenvalue weighted by Gasteiger charge is -2.18. The van der Waals surface area contributed by atoms with Crippen LogP contribution in [0.4, 0.5) is 10.8 Å². The van der Waals surface area contributed by atoms with Crippen molar-refractivity contribution < 1.29 is 9.59 Å². The molecule has 1 N–H and O–H groups in total. The Morgan fingerprint density at radius 2 is 2.00 bits per heavy atom. The number of carbonyl (C=O) groups is 2. The van der Waals surface area contributed by atoms with Gasteiger partial charge in [0.15, 0.2) is 5.13 Å². The molecular formula is C22H20BrN3O2S. The summed E-state index contributed by atoms with van der Waals surface area (Å²) in [5.41, 5.74) is 5.70. The molecule has 0 atom stereocenters. The highest BCUT2D eigenvalue weighted by Gasteiger charge is 2.27. The Morgan fingerprint density at radius 1 is 1.21 bits per heavy atom. The largest absolute Gasteiger partial charge is 0.308 e. The maximum Gasteiger partial charge on any atom is 0.258 e. The van der Waals surface area contributed by atoms with Crippen LogP contribution in [0.2, 0.25) is 0 Å². The minimum atomic E-state index is -0.121. The minimum Gasteiger partial charge on any atom is -0.308 e. The molecule has 4 rings (SSSR count). The number of thiazole rings is 1. The number of nitrogens with one attached hydrogen (secondary N) is 1. The summed E-state index contributed by atoms with van der Waals surface area (Å²) in [4.78, 5) is 32.1. The molecule has 2 heterocycles. The lowest BCUT2D eigenvalue weighted by atomic mass is 10.0. The standard InChI is InChI=1S/C22H20BrN3O2S/c1-13-5-3-4-6-17(13)21(28)26-10-9-15-11-16(7-8-18(15)26)20-14(2)29-22(25-20)24-19(27)12-23/h3-8,11H,9-10,12H2,1-2H3,(H,24,25,27). The van der Waals surface area contributed by atoms with Crippen molar-refractivity contribution in [2.75, 3.05) is 22.1 Å². The van der Waals surface area contributed by atoms with E-state index in [-0.39, 0.29) is 17.1 Å². The fraction of sp³-hybridized carbons (Fsp3) is 0.227. The van der Waals surface area contributed by atoms with Crippen LogP contribution in [0.5, 0.6) is 0 Å². The van der Waals surface area contributed by atoms with Crippen molar-refractivity contribution in [2.24, 2.45) is 0 Å². The van der Waals surface area contributed by atoms with E-state index in [1.54, 1.807) is 0 Å². The number of fused-ring (bicyclic) bond motifs is 1. The van der Waals surface area contributed by atoms with Crippen LogP contribution in [0.1, 0.15) is 26.4 Å². The van der Waals surface area contributed by atoms with Crippen LogP contribution in [-0.4, -0.2) is 28.7 Å². The number of halogens is 1. The zero-order valence-electron chi connectivity index (χ0n) is 16.2. The number of anilines is 2. The summed E-state index contributed by atoms with van der Waals surface area (Å²) in [6.07, 6.45) is 0.817. The fourth-order valence-electron chi connectivity index (χ4n) is 3.59. The van der Waals surface area contributed by atoms with E-state index in [2.05, 4.69) is 32.3 Å². The Bertz CT molecular complexity index is 1110. The van der Waals surface area contributed by atoms with E-state index in [9.17, 15) is 9.59 Å². The number of benzene rings is 2. The summed E-state index contributed by atoms with van der Waals surface area (Å²) in [5.74, 6) is -0.0798. The molecule has 3 aromatic rings. The second-order valence-electron chi connectivity index (χ2n) is 6.97. The molecule has 0 fully saturated rings. The molecule has 29 heavy (non-hydrogen) atoms. The molecule has 1 aromatic heterocycles. The van der Waals surface area contributed by atoms with E-state index < -0.39 is 0 Å². The van der Waals surface area contributed by atoms with Gasteiger partial charge in [-0.05, 0) is 49.6 Å². The number of hydrogen-bond acceptors (Lipinski definition) is 4. The molecule has 0 unspecified atom stereocenters. The molecule has 0 bridgehead atoms. The van der Waals surface area contributed by atoms with Gasteiger partial charge in [-0.15, -0.1) is 11.3 Å². The lowest BCUT2D eigenvalue weighted by Crippen LogP contribution is -2.29. The monoisotopic (exact) mass is 469 g/mol. The van der Waals surface area contributed by atoms with Crippen LogP contribution in [0.3, 0.4) is 0 Å². The van der Waals surface area contributed by atoms with Gasteiger partial charge in [-0.2, -0.15) is 0 Å². The number of rotatable bonds is 4. The summed E-state index contributed by atoms with van der Waals surface area (Å²) in [7, 11) is 0. The van der Waals surface area contributed by atoms with Gasteiger partial charge in [-0.25, -0.2) is 4.98 Å². The number of carbonyl (C=O) groups excluding carboxylic acids is 2. The normalized spacial score (nSPS) is 12.7. The van der Waals surface area contributed by atoms with Gasteiger partial charge >= 0.3 is 0 Å². The van der Waals surface area contributed by atoms with Crippen molar-refractivity contribution in [1.82, 2.24) is 4.98 Å². The average molecular weight is 470 g/mol. The number of aryl methyl sites for hydroxylation is 2. The Kier molecular flexibility index (Phi) is 5.52. The third-order valence-electron chi connectivity index (χ3n) is 5.03. The zero-order chi connectivity index (χ0) is 20.5. The number of alkyl halides is 1. The second-order valence-corrected chi connectivity index (χ2v) is 8.73. The molecule has 2 amide bonds. The third kappa shape index (κ3) is 3.84. The van der Waals surface area contributed by atoms with Gasteiger partial charge in [-0.1, -0.05) is 40.2 Å². The highest BCUT2D eigenvalue weighted by molar-refractivity contribution is 9.09. The highest BCUT2D eigenvalue weighted by atomic mass is 79.9. The first-order valence-corrected chi connectivity index (χ1v) is 11.3. The Hall–Kier alpha value is -2.51. The van der Waals surface area contributed by atoms with Crippen LogP contribution < -0.4 is 10.2 Å². The van der Waals surface area contributed by atoms with E-state index in [1.807, 2.05) is 55.1 Å². The van der Waals surface area contributed by atoms with E-state index in [0.29, 0.717) is 11.7 Å². The maximum atomic E-state index is 13.0. The molecule has 148 valence electrons. The molecule has 2 aromatic carbocycles. The van der Waals surface area contributed by atoms with Crippen molar-refractivity contribution in [1.29, 1.82) is 0 Å². The first kappa shape index (κ1) is 19.8. The molecule has 0 radical (unpaired) electrons. The van der Waals surface area contributed by atoms with Gasteiger partial charge in [0.1, 0.15) is 0 Å². The smallest absolute Gasteiger partial charge is 0.258 e. The van der Waals surface area contributed by atoms with Crippen LogP contribution in [0, 0.1) is 13.8 Å². The van der Waals surface area contributed by atoms with E-state index in [4.69, 9.17) is 0 Å². The molecule has 1 aliphatic heterocycles. The van der Waals surface area contributed by atoms with Gasteiger partial charge in [0, 0.05) is 28.2 Å². The SMILES string of the molecule is Cc1ccccc1C(=O)N1CCc2cc(-c3nc(NC(=O)CBr)sc3C)ccc21. The molecule has 0 saturated heterocycles. The van der Waals surface area contributed by atoms with Crippen LogP contribution in [-0.2, 0) is 11.2 Å². The maximum absolute atomic E-state index is 13.0. The summed E-state index contributed by atoms with van der Waals surface area (Å²) in [5, 5.41) is 3.63. The first-order chi connectivity index (χ1) is 14.0. The minimum absolute atomic E-state index is 0.0409. The van der Waals surface area contributed by atoms with Gasteiger partial charge in [0.25, 0.3) is 5.91 Å². The molecule has 0 aliphatic carbocycles. The molecule has 7 heteroatoms. The zero-order valence-corrected chi connectivity index (χ0v) is 18.6. The summed E-state index contributed by atoms with van der Waals surface area (Å²) in [6.45, 7) is 4.64. The second kappa shape index (κ2) is 8.08. The van der Waals surface area contributed by atoms with Gasteiger partial charge < -0.3 is 10.2 Å². The average Bonchev–Trinajstić information content (AvgIpc) is 3.30. The van der Waals surface area contributed by atoms with Gasteiger partial charge in [0.2, 0.25) is 5.91 Å². The molecule has 0 saturated carbocycles. The van der Waals surface area contributed by atoms with E-state index in [0.717, 1.165) is 44.9 Å². The number of hydrogen-bond donors (Lipinski definition) is 1. The van der Waals surface area contributed by atoms with Crippen molar-refractivity contribution in [2.45, 2.75) is 20.3 Å². The van der Waals surface area contributed by atoms with E-state index >= 15 is 0 Å². The quantitative estimate of drug-likeness (QED) is 0.549. The Morgan fingerprint density at radius 3 is 2.76 bits per heavy atom. The topological polar surface area (TPSA) is 62.3 Å². The van der Waals surface area contributed by atoms with Crippen LogP contribution in [0.15, 0.2) is 42.5 Å². The van der Waals surface area contributed by atoms with Crippen LogP contribution >= 0.6 is 27.3 Å². The number of aromatic nitrogens is 1. The third-order valence-corrected chi connectivity index (χ3v) is 6.43. The van der Waals surface area contributed by atoms with E-state index in [1.165, 1.54) is 11.3 Å². The predicted octanol–water partition coefficient (Wildman–Crippen LogP) is 4.96. The molecule has 5 nitrogen and oxygen atoms in total. The lowest BCUT2D eigenvalue weighted by molar-refractivity contribution is -0.113. The highest BCUT2D eigenvalue weighted by Crippen LogP contribution is 2.36. The van der Waals surface area contributed by atoms with Crippen molar-refractivity contribution in [3.8, 4) is 11.3 Å². The Labute approximate surface area is 181 Å². The number of nitrogens with zero attached hydrogens (tertiary/aromatic N) is 2. The summed E-state index contributed by atoms with van der Waals surface area (Å²) in [6, 6.07) is 13.8. The summed E-state index contributed by atoms with van der Waals surface area (Å²) >= 11 is 4.61. The van der Waals surface area contributed by atoms with Gasteiger partial charge in [0.05, 0.1) is 11.0 Å². The Balaban J connectivity index is 1.62.